The highest BCUT2D eigenvalue weighted by atomic mass is 16.6. The van der Waals surface area contributed by atoms with Gasteiger partial charge in [0, 0.05) is 6.54 Å². The van der Waals surface area contributed by atoms with Gasteiger partial charge in [0.25, 0.3) is 0 Å². The summed E-state index contributed by atoms with van der Waals surface area (Å²) < 4.78 is 5.84. The Morgan fingerprint density at radius 3 is 2.35 bits per heavy atom. The molecule has 1 aromatic rings. The second-order valence-corrected chi connectivity index (χ2v) is 7.02. The van der Waals surface area contributed by atoms with Crippen LogP contribution in [0.5, 0.6) is 0 Å². The van der Waals surface area contributed by atoms with Crippen molar-refractivity contribution in [2.75, 3.05) is 6.54 Å². The van der Waals surface area contributed by atoms with Gasteiger partial charge in [-0.15, -0.1) is 0 Å². The molecule has 1 aliphatic carbocycles. The van der Waals surface area contributed by atoms with Crippen molar-refractivity contribution in [3.05, 3.63) is 35.4 Å². The minimum atomic E-state index is -0.474. The van der Waals surface area contributed by atoms with Crippen molar-refractivity contribution in [3.8, 4) is 0 Å². The van der Waals surface area contributed by atoms with Crippen molar-refractivity contribution in [2.45, 2.75) is 57.6 Å². The number of rotatable bonds is 1. The van der Waals surface area contributed by atoms with Gasteiger partial charge in [0.05, 0.1) is 0 Å². The number of hydrogen-bond donors (Lipinski definition) is 0. The number of fused-ring (bicyclic) bond motifs is 3. The fraction of sp³-hybridized carbons (Fsp3) is 0.588. The molecular formula is C17H23NO2. The number of carbonyl (C=O) groups excluding carboxylic acids is 1. The molecule has 2 unspecified atom stereocenters. The first-order valence-electron chi connectivity index (χ1n) is 7.37. The van der Waals surface area contributed by atoms with Gasteiger partial charge in [0.1, 0.15) is 11.1 Å². The van der Waals surface area contributed by atoms with Crippen LogP contribution in [0.1, 0.15) is 52.2 Å². The molecule has 0 bridgehead atoms. The largest absolute Gasteiger partial charge is 0.440 e. The van der Waals surface area contributed by atoms with E-state index < -0.39 is 5.60 Å². The van der Waals surface area contributed by atoms with Crippen LogP contribution in [0.15, 0.2) is 24.3 Å². The predicted molar refractivity (Wildman–Crippen MR) is 78.7 cm³/mol. The molecule has 3 rings (SSSR count). The summed E-state index contributed by atoms with van der Waals surface area (Å²) in [5.74, 6) is 0. The third-order valence-electron chi connectivity index (χ3n) is 5.38. The van der Waals surface area contributed by atoms with E-state index >= 15 is 0 Å². The summed E-state index contributed by atoms with van der Waals surface area (Å²) >= 11 is 0. The average Bonchev–Trinajstić information content (AvgIpc) is 2.56. The van der Waals surface area contributed by atoms with Gasteiger partial charge in [-0.1, -0.05) is 38.1 Å². The van der Waals surface area contributed by atoms with Crippen LogP contribution in [0.4, 0.5) is 4.79 Å². The Morgan fingerprint density at radius 1 is 1.15 bits per heavy atom. The number of likely N-dealkylation sites (N-methyl/N-ethyl adjacent to an activating group) is 1. The molecule has 1 heterocycles. The molecule has 0 aromatic heterocycles. The molecular weight excluding hydrogens is 250 g/mol. The zero-order valence-electron chi connectivity index (χ0n) is 13.0. The molecule has 3 heteroatoms. The fourth-order valence-electron chi connectivity index (χ4n) is 4.34. The van der Waals surface area contributed by atoms with Crippen LogP contribution in [0.25, 0.3) is 0 Å². The maximum atomic E-state index is 12.3. The first-order valence-corrected chi connectivity index (χ1v) is 7.37. The van der Waals surface area contributed by atoms with Crippen LogP contribution >= 0.6 is 0 Å². The van der Waals surface area contributed by atoms with Gasteiger partial charge < -0.3 is 4.74 Å². The van der Waals surface area contributed by atoms with Gasteiger partial charge in [-0.3, -0.25) is 4.90 Å². The van der Waals surface area contributed by atoms with E-state index in [1.54, 1.807) is 0 Å². The first kappa shape index (κ1) is 13.5. The van der Waals surface area contributed by atoms with E-state index in [-0.39, 0.29) is 17.0 Å². The van der Waals surface area contributed by atoms with Crippen LogP contribution in [0.2, 0.25) is 0 Å². The molecule has 0 spiro atoms. The van der Waals surface area contributed by atoms with E-state index in [2.05, 4.69) is 52.0 Å². The minimum Gasteiger partial charge on any atom is -0.440 e. The summed E-state index contributed by atoms with van der Waals surface area (Å²) in [5.41, 5.74) is 1.71. The van der Waals surface area contributed by atoms with Crippen LogP contribution < -0.4 is 0 Å². The van der Waals surface area contributed by atoms with Crippen LogP contribution in [0.3, 0.4) is 0 Å². The van der Waals surface area contributed by atoms with Crippen molar-refractivity contribution in [2.24, 2.45) is 0 Å². The first-order chi connectivity index (χ1) is 9.26. The predicted octanol–water partition coefficient (Wildman–Crippen LogP) is 3.81. The lowest BCUT2D eigenvalue weighted by Gasteiger charge is -2.51. The zero-order chi connectivity index (χ0) is 14.8. The Bertz CT molecular complexity index is 580. The summed E-state index contributed by atoms with van der Waals surface area (Å²) in [7, 11) is 0. The molecule has 1 saturated heterocycles. The summed E-state index contributed by atoms with van der Waals surface area (Å²) in [6.45, 7) is 11.4. The van der Waals surface area contributed by atoms with E-state index in [1.807, 2.05) is 11.8 Å². The Hall–Kier alpha value is -1.51. The summed E-state index contributed by atoms with van der Waals surface area (Å²) in [4.78, 5) is 14.2. The lowest BCUT2D eigenvalue weighted by molar-refractivity contribution is -0.0286. The number of hydrogen-bond acceptors (Lipinski definition) is 2. The highest BCUT2D eigenvalue weighted by molar-refractivity contribution is 5.74. The molecule has 2 atom stereocenters. The molecule has 108 valence electrons. The molecule has 1 amide bonds. The molecule has 0 radical (unpaired) electrons. The smallest absolute Gasteiger partial charge is 0.411 e. The molecule has 0 saturated carbocycles. The summed E-state index contributed by atoms with van der Waals surface area (Å²) in [6.07, 6.45) is 0.653. The van der Waals surface area contributed by atoms with E-state index in [0.717, 1.165) is 6.42 Å². The molecule has 0 N–H and O–H groups in total. The highest BCUT2D eigenvalue weighted by Crippen LogP contribution is 2.57. The normalized spacial score (nSPS) is 34.5. The van der Waals surface area contributed by atoms with Crippen molar-refractivity contribution in [3.63, 3.8) is 0 Å². The zero-order valence-corrected chi connectivity index (χ0v) is 13.0. The summed E-state index contributed by atoms with van der Waals surface area (Å²) in [6, 6.07) is 8.49. The lowest BCUT2D eigenvalue weighted by atomic mass is 9.59. The SMILES string of the molecule is CCN1C(=O)OC2(C)CC(C)(C)c3ccccc3C12C. The number of nitrogens with zero attached hydrogens (tertiary/aromatic N) is 1. The molecule has 1 aromatic carbocycles. The number of amides is 1. The van der Waals surface area contributed by atoms with Gasteiger partial charge in [0.2, 0.25) is 0 Å². The topological polar surface area (TPSA) is 29.5 Å². The number of ether oxygens (including phenoxy) is 1. The molecule has 1 fully saturated rings. The van der Waals surface area contributed by atoms with E-state index in [0.29, 0.717) is 6.54 Å². The van der Waals surface area contributed by atoms with Crippen molar-refractivity contribution in [1.29, 1.82) is 0 Å². The standard InChI is InChI=1S/C17H23NO2/c1-6-18-14(19)20-16(4)11-15(2,3)12-9-7-8-10-13(12)17(16,18)5/h7-10H,6,11H2,1-5H3. The summed E-state index contributed by atoms with van der Waals surface area (Å²) in [5, 5.41) is 0. The van der Waals surface area contributed by atoms with Crippen molar-refractivity contribution in [1.82, 2.24) is 4.90 Å². The molecule has 20 heavy (non-hydrogen) atoms. The van der Waals surface area contributed by atoms with Gasteiger partial charge in [-0.2, -0.15) is 0 Å². The third-order valence-corrected chi connectivity index (χ3v) is 5.38. The fourth-order valence-corrected chi connectivity index (χ4v) is 4.34. The quantitative estimate of drug-likeness (QED) is 0.778. The second-order valence-electron chi connectivity index (χ2n) is 7.02. The molecule has 3 nitrogen and oxygen atoms in total. The van der Waals surface area contributed by atoms with Crippen molar-refractivity contribution >= 4 is 6.09 Å². The Kier molecular flexibility index (Phi) is 2.54. The third kappa shape index (κ3) is 1.38. The maximum Gasteiger partial charge on any atom is 0.411 e. The number of benzene rings is 1. The van der Waals surface area contributed by atoms with E-state index in [1.165, 1.54) is 11.1 Å². The molecule has 1 aliphatic heterocycles. The van der Waals surface area contributed by atoms with Crippen LogP contribution in [-0.2, 0) is 15.7 Å². The van der Waals surface area contributed by atoms with Crippen molar-refractivity contribution < 1.29 is 9.53 Å². The van der Waals surface area contributed by atoms with Gasteiger partial charge in [-0.25, -0.2) is 4.79 Å². The van der Waals surface area contributed by atoms with Gasteiger partial charge in [-0.05, 0) is 43.7 Å². The minimum absolute atomic E-state index is 0.00881. The monoisotopic (exact) mass is 273 g/mol. The molecule has 2 aliphatic rings. The Morgan fingerprint density at radius 2 is 1.75 bits per heavy atom. The lowest BCUT2D eigenvalue weighted by Crippen LogP contribution is -2.58. The second kappa shape index (κ2) is 3.78. The van der Waals surface area contributed by atoms with Crippen LogP contribution in [0, 0.1) is 0 Å². The Labute approximate surface area is 120 Å². The van der Waals surface area contributed by atoms with E-state index in [9.17, 15) is 4.79 Å². The maximum absolute atomic E-state index is 12.3. The number of carbonyl (C=O) groups is 1. The van der Waals surface area contributed by atoms with Gasteiger partial charge >= 0.3 is 6.09 Å². The average molecular weight is 273 g/mol. The van der Waals surface area contributed by atoms with Gasteiger partial charge in [0.15, 0.2) is 0 Å². The van der Waals surface area contributed by atoms with E-state index in [4.69, 9.17) is 4.74 Å². The Balaban J connectivity index is 2.31. The van der Waals surface area contributed by atoms with Crippen LogP contribution in [-0.4, -0.2) is 23.1 Å². The highest BCUT2D eigenvalue weighted by Gasteiger charge is 2.65.